The molecule has 0 bridgehead atoms. The molecule has 0 N–H and O–H groups in total. The van der Waals surface area contributed by atoms with Gasteiger partial charge in [0.05, 0.1) is 0 Å². The molecule has 15 heavy (non-hydrogen) atoms. The topological polar surface area (TPSA) is 26.0 Å². The van der Waals surface area contributed by atoms with Crippen LogP contribution in [0.25, 0.3) is 11.3 Å². The molecule has 0 atom stereocenters. The van der Waals surface area contributed by atoms with Gasteiger partial charge in [0, 0.05) is 16.0 Å². The molecule has 0 spiro atoms. The molecule has 0 aliphatic heterocycles. The number of benzene rings is 1. The third-order valence-electron chi connectivity index (χ3n) is 2.22. The molecule has 0 aliphatic carbocycles. The Morgan fingerprint density at radius 1 is 1.33 bits per heavy atom. The molecule has 0 aliphatic rings. The predicted octanol–water partition coefficient (Wildman–Crippen LogP) is 4.23. The van der Waals surface area contributed by atoms with Gasteiger partial charge in [-0.1, -0.05) is 41.9 Å². The molecule has 0 unspecified atom stereocenters. The molecular weight excluding hydrogens is 254 g/mol. The zero-order chi connectivity index (χ0) is 10.8. The lowest BCUT2D eigenvalue weighted by Crippen LogP contribution is -1.88. The van der Waals surface area contributed by atoms with E-state index in [4.69, 9.17) is 4.42 Å². The largest absolute Gasteiger partial charge is 0.448 e. The van der Waals surface area contributed by atoms with E-state index in [1.807, 2.05) is 24.3 Å². The van der Waals surface area contributed by atoms with E-state index in [0.717, 1.165) is 21.5 Å². The number of hydrogen-bond donors (Lipinski definition) is 0. The van der Waals surface area contributed by atoms with Crippen LogP contribution in [0.5, 0.6) is 0 Å². The third-order valence-corrected chi connectivity index (χ3v) is 2.71. The fourth-order valence-corrected chi connectivity index (χ4v) is 1.92. The van der Waals surface area contributed by atoms with Crippen LogP contribution in [0, 0.1) is 0 Å². The highest BCUT2D eigenvalue weighted by Crippen LogP contribution is 2.29. The lowest BCUT2D eigenvalue weighted by Gasteiger charge is -2.04. The van der Waals surface area contributed by atoms with E-state index in [1.54, 1.807) is 0 Å². The van der Waals surface area contributed by atoms with Crippen LogP contribution in [0.4, 0.5) is 0 Å². The maximum absolute atomic E-state index is 5.39. The maximum Gasteiger partial charge on any atom is 0.181 e. The van der Waals surface area contributed by atoms with Gasteiger partial charge < -0.3 is 4.42 Å². The first-order chi connectivity index (χ1) is 7.18. The minimum absolute atomic E-state index is 0.349. The van der Waals surface area contributed by atoms with Crippen molar-refractivity contribution in [2.24, 2.45) is 0 Å². The van der Waals surface area contributed by atoms with Crippen LogP contribution in [0.15, 0.2) is 39.5 Å². The quantitative estimate of drug-likeness (QED) is 0.813. The van der Waals surface area contributed by atoms with Gasteiger partial charge in [-0.05, 0) is 12.1 Å². The van der Waals surface area contributed by atoms with E-state index in [9.17, 15) is 0 Å². The van der Waals surface area contributed by atoms with Gasteiger partial charge in [0.25, 0.3) is 0 Å². The van der Waals surface area contributed by atoms with E-state index >= 15 is 0 Å². The normalized spacial score (nSPS) is 10.9. The maximum atomic E-state index is 5.39. The predicted molar refractivity (Wildman–Crippen MR) is 63.7 cm³/mol. The Morgan fingerprint density at radius 3 is 2.80 bits per heavy atom. The number of halogens is 1. The van der Waals surface area contributed by atoms with Gasteiger partial charge in [-0.3, -0.25) is 0 Å². The van der Waals surface area contributed by atoms with Gasteiger partial charge in [0.2, 0.25) is 0 Å². The Labute approximate surface area is 97.5 Å². The van der Waals surface area contributed by atoms with Crippen molar-refractivity contribution in [3.05, 3.63) is 40.9 Å². The molecule has 78 valence electrons. The number of rotatable bonds is 2. The molecule has 0 saturated heterocycles. The summed E-state index contributed by atoms with van der Waals surface area (Å²) in [5, 5.41) is 0. The molecule has 1 aromatic carbocycles. The average molecular weight is 266 g/mol. The van der Waals surface area contributed by atoms with Crippen LogP contribution < -0.4 is 0 Å². The summed E-state index contributed by atoms with van der Waals surface area (Å²) in [5.74, 6) is 1.29. The van der Waals surface area contributed by atoms with Gasteiger partial charge in [-0.2, -0.15) is 0 Å². The van der Waals surface area contributed by atoms with Gasteiger partial charge in [-0.15, -0.1) is 0 Å². The molecule has 1 heterocycles. The summed E-state index contributed by atoms with van der Waals surface area (Å²) in [6.07, 6.45) is 1.51. The van der Waals surface area contributed by atoms with Crippen molar-refractivity contribution < 1.29 is 4.42 Å². The van der Waals surface area contributed by atoms with Crippen molar-refractivity contribution in [1.29, 1.82) is 0 Å². The van der Waals surface area contributed by atoms with E-state index in [0.29, 0.717) is 5.92 Å². The SMILES string of the molecule is CC(C)c1ocnc1-c1cccc(Br)c1. The Balaban J connectivity index is 2.49. The molecule has 0 amide bonds. The summed E-state index contributed by atoms with van der Waals surface area (Å²) in [7, 11) is 0. The van der Waals surface area contributed by atoms with Crippen LogP contribution >= 0.6 is 15.9 Å². The summed E-state index contributed by atoms with van der Waals surface area (Å²) in [6.45, 7) is 4.20. The molecule has 1 aromatic heterocycles. The minimum atomic E-state index is 0.349. The van der Waals surface area contributed by atoms with Crippen LogP contribution in [-0.2, 0) is 0 Å². The lowest BCUT2D eigenvalue weighted by atomic mass is 10.0. The minimum Gasteiger partial charge on any atom is -0.448 e. The van der Waals surface area contributed by atoms with Crippen LogP contribution in [0.1, 0.15) is 25.5 Å². The second-order valence-electron chi connectivity index (χ2n) is 3.73. The second-order valence-corrected chi connectivity index (χ2v) is 4.65. The van der Waals surface area contributed by atoms with Crippen molar-refractivity contribution in [2.45, 2.75) is 19.8 Å². The van der Waals surface area contributed by atoms with Crippen LogP contribution in [0.2, 0.25) is 0 Å². The summed E-state index contributed by atoms with van der Waals surface area (Å²) >= 11 is 3.45. The highest BCUT2D eigenvalue weighted by Gasteiger charge is 2.13. The first-order valence-corrected chi connectivity index (χ1v) is 5.67. The van der Waals surface area contributed by atoms with E-state index < -0.39 is 0 Å². The average Bonchev–Trinajstić information content (AvgIpc) is 2.65. The van der Waals surface area contributed by atoms with Crippen LogP contribution in [0.3, 0.4) is 0 Å². The lowest BCUT2D eigenvalue weighted by molar-refractivity contribution is 0.483. The van der Waals surface area contributed by atoms with E-state index in [-0.39, 0.29) is 0 Å². The zero-order valence-corrected chi connectivity index (χ0v) is 10.3. The van der Waals surface area contributed by atoms with Gasteiger partial charge in [0.15, 0.2) is 6.39 Å². The Bertz CT molecular complexity index is 462. The van der Waals surface area contributed by atoms with Gasteiger partial charge >= 0.3 is 0 Å². The van der Waals surface area contributed by atoms with Crippen molar-refractivity contribution >= 4 is 15.9 Å². The molecule has 0 saturated carbocycles. The van der Waals surface area contributed by atoms with Crippen molar-refractivity contribution in [1.82, 2.24) is 4.98 Å². The fraction of sp³-hybridized carbons (Fsp3) is 0.250. The molecule has 2 nitrogen and oxygen atoms in total. The summed E-state index contributed by atoms with van der Waals surface area (Å²) in [6, 6.07) is 8.08. The fourth-order valence-electron chi connectivity index (χ4n) is 1.52. The van der Waals surface area contributed by atoms with Gasteiger partial charge in [-0.25, -0.2) is 4.98 Å². The molecule has 0 radical (unpaired) electrons. The zero-order valence-electron chi connectivity index (χ0n) is 8.70. The van der Waals surface area contributed by atoms with Crippen molar-refractivity contribution in [2.75, 3.05) is 0 Å². The Hall–Kier alpha value is -1.09. The highest BCUT2D eigenvalue weighted by atomic mass is 79.9. The number of nitrogens with zero attached hydrogens (tertiary/aromatic N) is 1. The van der Waals surface area contributed by atoms with Crippen LogP contribution in [-0.4, -0.2) is 4.98 Å². The highest BCUT2D eigenvalue weighted by molar-refractivity contribution is 9.10. The number of aromatic nitrogens is 1. The Kier molecular flexibility index (Phi) is 2.91. The van der Waals surface area contributed by atoms with Crippen molar-refractivity contribution in [3.63, 3.8) is 0 Å². The van der Waals surface area contributed by atoms with Crippen molar-refractivity contribution in [3.8, 4) is 11.3 Å². The van der Waals surface area contributed by atoms with E-state index in [1.165, 1.54) is 6.39 Å². The number of oxazole rings is 1. The first-order valence-electron chi connectivity index (χ1n) is 4.88. The Morgan fingerprint density at radius 2 is 2.13 bits per heavy atom. The monoisotopic (exact) mass is 265 g/mol. The molecular formula is C12H12BrNO. The first kappa shape index (κ1) is 10.4. The second kappa shape index (κ2) is 4.19. The van der Waals surface area contributed by atoms with E-state index in [2.05, 4.69) is 34.8 Å². The smallest absolute Gasteiger partial charge is 0.181 e. The summed E-state index contributed by atoms with van der Waals surface area (Å²) < 4.78 is 6.45. The third kappa shape index (κ3) is 2.12. The summed E-state index contributed by atoms with van der Waals surface area (Å²) in [5.41, 5.74) is 2.02. The standard InChI is InChI=1S/C12H12BrNO/c1-8(2)12-11(14-7-15-12)9-4-3-5-10(13)6-9/h3-8H,1-2H3. The molecule has 2 aromatic rings. The molecule has 2 rings (SSSR count). The molecule has 0 fully saturated rings. The molecule has 3 heteroatoms. The number of hydrogen-bond acceptors (Lipinski definition) is 2. The summed E-state index contributed by atoms with van der Waals surface area (Å²) in [4.78, 5) is 4.26. The van der Waals surface area contributed by atoms with Gasteiger partial charge in [0.1, 0.15) is 11.5 Å².